The van der Waals surface area contributed by atoms with Crippen LogP contribution in [0.2, 0.25) is 0 Å². The van der Waals surface area contributed by atoms with Crippen molar-refractivity contribution in [2.75, 3.05) is 13.2 Å². The predicted molar refractivity (Wildman–Crippen MR) is 57.5 cm³/mol. The molecule has 76 valence electrons. The molecule has 0 N–H and O–H groups in total. The number of rotatable bonds is 3. The SMILES string of the molecule is CCOC(=O)N(CC)C1SC=CS1.[Zn]. The first-order chi connectivity index (χ1) is 6.29. The summed E-state index contributed by atoms with van der Waals surface area (Å²) in [4.78, 5) is 13.1. The Morgan fingerprint density at radius 3 is 2.43 bits per heavy atom. The number of hydrogen-bond donors (Lipinski definition) is 0. The van der Waals surface area contributed by atoms with E-state index in [9.17, 15) is 4.79 Å². The number of carbonyl (C=O) groups is 1. The summed E-state index contributed by atoms with van der Waals surface area (Å²) in [5.74, 6) is 0. The van der Waals surface area contributed by atoms with Crippen LogP contribution in [0.25, 0.3) is 0 Å². The molecular formula is C8H13NO2S2Zn. The molecule has 0 saturated heterocycles. The van der Waals surface area contributed by atoms with Gasteiger partial charge in [0.25, 0.3) is 0 Å². The fourth-order valence-corrected chi connectivity index (χ4v) is 3.14. The second-order valence-electron chi connectivity index (χ2n) is 2.34. The average molecular weight is 285 g/mol. The minimum Gasteiger partial charge on any atom is -0.450 e. The van der Waals surface area contributed by atoms with Crippen LogP contribution in [0.15, 0.2) is 10.8 Å². The average Bonchev–Trinajstić information content (AvgIpc) is 2.59. The predicted octanol–water partition coefficient (Wildman–Crippen LogP) is 2.70. The van der Waals surface area contributed by atoms with Gasteiger partial charge in [0.1, 0.15) is 4.71 Å². The van der Waals surface area contributed by atoms with Crippen LogP contribution in [0.5, 0.6) is 0 Å². The Bertz CT molecular complexity index is 206. The quantitative estimate of drug-likeness (QED) is 0.745. The molecule has 1 heterocycles. The van der Waals surface area contributed by atoms with E-state index in [1.807, 2.05) is 24.7 Å². The van der Waals surface area contributed by atoms with Crippen molar-refractivity contribution in [1.82, 2.24) is 4.90 Å². The molecule has 0 aromatic carbocycles. The van der Waals surface area contributed by atoms with Gasteiger partial charge in [-0.05, 0) is 24.7 Å². The van der Waals surface area contributed by atoms with E-state index in [-0.39, 0.29) is 30.3 Å². The molecule has 1 rings (SSSR count). The molecule has 1 aliphatic rings. The molecule has 0 radical (unpaired) electrons. The van der Waals surface area contributed by atoms with Crippen LogP contribution in [0.4, 0.5) is 4.79 Å². The molecule has 1 aliphatic heterocycles. The Labute approximate surface area is 106 Å². The maximum atomic E-state index is 11.4. The third kappa shape index (κ3) is 3.83. The number of carbonyl (C=O) groups excluding carboxylic acids is 1. The zero-order valence-corrected chi connectivity index (χ0v) is 13.0. The van der Waals surface area contributed by atoms with Crippen LogP contribution in [0.3, 0.4) is 0 Å². The van der Waals surface area contributed by atoms with E-state index in [1.54, 1.807) is 28.4 Å². The first-order valence-electron chi connectivity index (χ1n) is 4.19. The van der Waals surface area contributed by atoms with Crippen molar-refractivity contribution in [1.29, 1.82) is 0 Å². The fraction of sp³-hybridized carbons (Fsp3) is 0.625. The maximum Gasteiger partial charge on any atom is 0.411 e. The molecule has 0 bridgehead atoms. The number of nitrogens with zero attached hydrogens (tertiary/aromatic N) is 1. The van der Waals surface area contributed by atoms with E-state index in [0.717, 1.165) is 0 Å². The minimum absolute atomic E-state index is 0. The largest absolute Gasteiger partial charge is 0.450 e. The van der Waals surface area contributed by atoms with Crippen molar-refractivity contribution >= 4 is 29.6 Å². The van der Waals surface area contributed by atoms with Crippen molar-refractivity contribution in [2.45, 2.75) is 18.6 Å². The summed E-state index contributed by atoms with van der Waals surface area (Å²) in [5.41, 5.74) is 0. The van der Waals surface area contributed by atoms with Gasteiger partial charge in [-0.1, -0.05) is 23.5 Å². The molecule has 0 unspecified atom stereocenters. The maximum absolute atomic E-state index is 11.4. The first-order valence-corrected chi connectivity index (χ1v) is 6.07. The molecule has 14 heavy (non-hydrogen) atoms. The Hall–Kier alpha value is 0.333. The second kappa shape index (κ2) is 7.60. The Balaban J connectivity index is 0.00000169. The van der Waals surface area contributed by atoms with Crippen molar-refractivity contribution < 1.29 is 29.0 Å². The van der Waals surface area contributed by atoms with E-state index < -0.39 is 0 Å². The van der Waals surface area contributed by atoms with E-state index >= 15 is 0 Å². The van der Waals surface area contributed by atoms with E-state index in [4.69, 9.17) is 4.74 Å². The number of amides is 1. The minimum atomic E-state index is -0.223. The summed E-state index contributed by atoms with van der Waals surface area (Å²) in [7, 11) is 0. The van der Waals surface area contributed by atoms with Crippen LogP contribution < -0.4 is 0 Å². The first kappa shape index (κ1) is 14.3. The van der Waals surface area contributed by atoms with Gasteiger partial charge in [0, 0.05) is 26.0 Å². The number of hydrogen-bond acceptors (Lipinski definition) is 4. The van der Waals surface area contributed by atoms with Gasteiger partial charge in [-0.3, -0.25) is 4.90 Å². The summed E-state index contributed by atoms with van der Waals surface area (Å²) in [6.45, 7) is 4.89. The van der Waals surface area contributed by atoms with Gasteiger partial charge in [-0.15, -0.1) is 0 Å². The van der Waals surface area contributed by atoms with Crippen molar-refractivity contribution in [3.05, 3.63) is 10.8 Å². The zero-order valence-electron chi connectivity index (χ0n) is 8.43. The number of thioether (sulfide) groups is 2. The molecule has 0 aromatic rings. The Morgan fingerprint density at radius 2 is 2.00 bits per heavy atom. The van der Waals surface area contributed by atoms with Crippen molar-refractivity contribution in [3.63, 3.8) is 0 Å². The molecular weight excluding hydrogens is 272 g/mol. The van der Waals surface area contributed by atoms with Crippen LogP contribution in [0.1, 0.15) is 13.8 Å². The molecule has 0 aliphatic carbocycles. The topological polar surface area (TPSA) is 29.5 Å². The molecule has 0 saturated carbocycles. The van der Waals surface area contributed by atoms with Gasteiger partial charge in [0.2, 0.25) is 0 Å². The van der Waals surface area contributed by atoms with Gasteiger partial charge >= 0.3 is 6.09 Å². The Kier molecular flexibility index (Phi) is 7.78. The normalized spacial score (nSPS) is 15.0. The van der Waals surface area contributed by atoms with E-state index in [1.165, 1.54) is 0 Å². The molecule has 6 heteroatoms. The van der Waals surface area contributed by atoms with Gasteiger partial charge < -0.3 is 4.74 Å². The van der Waals surface area contributed by atoms with Crippen LogP contribution in [-0.2, 0) is 24.2 Å². The van der Waals surface area contributed by atoms with Crippen molar-refractivity contribution in [3.8, 4) is 0 Å². The molecule has 0 fully saturated rings. The molecule has 3 nitrogen and oxygen atoms in total. The van der Waals surface area contributed by atoms with Gasteiger partial charge in [0.15, 0.2) is 0 Å². The third-order valence-corrected chi connectivity index (χ3v) is 3.94. The van der Waals surface area contributed by atoms with Crippen LogP contribution in [-0.4, -0.2) is 28.9 Å². The van der Waals surface area contributed by atoms with E-state index in [0.29, 0.717) is 13.2 Å². The van der Waals surface area contributed by atoms with Gasteiger partial charge in [-0.25, -0.2) is 4.79 Å². The standard InChI is InChI=1S/C8H13NO2S2.Zn/c1-3-9(7(10)11-4-2)8-12-5-6-13-8;/h5-6,8H,3-4H2,1-2H3;. The third-order valence-electron chi connectivity index (χ3n) is 1.54. The Morgan fingerprint density at radius 1 is 1.43 bits per heavy atom. The molecule has 0 aromatic heterocycles. The summed E-state index contributed by atoms with van der Waals surface area (Å²) in [6.07, 6.45) is -0.223. The van der Waals surface area contributed by atoms with Crippen molar-refractivity contribution in [2.24, 2.45) is 0 Å². The summed E-state index contributed by atoms with van der Waals surface area (Å²) >= 11 is 3.27. The molecule has 0 atom stereocenters. The van der Waals surface area contributed by atoms with Gasteiger partial charge in [0.05, 0.1) is 6.61 Å². The molecule has 1 amide bonds. The summed E-state index contributed by atoms with van der Waals surface area (Å²) in [5, 5.41) is 3.99. The van der Waals surface area contributed by atoms with Crippen LogP contribution >= 0.6 is 23.5 Å². The van der Waals surface area contributed by atoms with Gasteiger partial charge in [-0.2, -0.15) is 0 Å². The summed E-state index contributed by atoms with van der Waals surface area (Å²) in [6, 6.07) is 0. The monoisotopic (exact) mass is 283 g/mol. The van der Waals surface area contributed by atoms with Crippen LogP contribution in [0, 0.1) is 0 Å². The molecule has 0 spiro atoms. The van der Waals surface area contributed by atoms with E-state index in [2.05, 4.69) is 0 Å². The zero-order chi connectivity index (χ0) is 9.68. The summed E-state index contributed by atoms with van der Waals surface area (Å²) < 4.78 is 5.10. The second-order valence-corrected chi connectivity index (χ2v) is 4.62. The fourth-order valence-electron chi connectivity index (χ4n) is 0.948. The number of ether oxygens (including phenoxy) is 1. The smallest absolute Gasteiger partial charge is 0.411 e.